The highest BCUT2D eigenvalue weighted by molar-refractivity contribution is 7.89. The van der Waals surface area contributed by atoms with Crippen LogP contribution in [0.2, 0.25) is 0 Å². The Bertz CT molecular complexity index is 611. The van der Waals surface area contributed by atoms with Gasteiger partial charge in [-0.3, -0.25) is 0 Å². The number of carboxylic acids is 1. The van der Waals surface area contributed by atoms with Crippen LogP contribution < -0.4 is 4.72 Å². The van der Waals surface area contributed by atoms with Gasteiger partial charge in [-0.15, -0.1) is 0 Å². The van der Waals surface area contributed by atoms with Crippen LogP contribution in [0.1, 0.15) is 10.4 Å². The predicted octanol–water partition coefficient (Wildman–Crippen LogP) is -0.803. The Morgan fingerprint density at radius 2 is 1.95 bits per heavy atom. The number of nitrogens with one attached hydrogen (secondary N) is 1. The summed E-state index contributed by atoms with van der Waals surface area (Å²) in [5.41, 5.74) is -0.188. The minimum Gasteiger partial charge on any atom is -0.479 e. The van der Waals surface area contributed by atoms with Gasteiger partial charge in [0, 0.05) is 6.54 Å². The minimum atomic E-state index is -4.15. The number of carbonyl (C=O) groups excluding carboxylic acids is 1. The molecule has 0 aromatic heterocycles. The van der Waals surface area contributed by atoms with Gasteiger partial charge in [-0.25, -0.2) is 22.7 Å². The van der Waals surface area contributed by atoms with E-state index in [9.17, 15) is 18.0 Å². The van der Waals surface area contributed by atoms with E-state index >= 15 is 0 Å². The van der Waals surface area contributed by atoms with Gasteiger partial charge in [0.1, 0.15) is 0 Å². The molecule has 0 heterocycles. The fourth-order valence-electron chi connectivity index (χ4n) is 1.33. The van der Waals surface area contributed by atoms with Crippen LogP contribution in [0.5, 0.6) is 0 Å². The number of esters is 1. The number of hydrogen-bond donors (Lipinski definition) is 3. The van der Waals surface area contributed by atoms with E-state index in [0.717, 1.165) is 7.11 Å². The van der Waals surface area contributed by atoms with Crippen molar-refractivity contribution in [3.05, 3.63) is 29.8 Å². The summed E-state index contributed by atoms with van der Waals surface area (Å²) in [6.07, 6.45) is -1.88. The summed E-state index contributed by atoms with van der Waals surface area (Å²) in [7, 11) is -3.04. The summed E-state index contributed by atoms with van der Waals surface area (Å²) in [6, 6.07) is 5.28. The van der Waals surface area contributed by atoms with Gasteiger partial charge in [0.15, 0.2) is 6.10 Å². The van der Waals surface area contributed by atoms with Crippen LogP contribution in [0.15, 0.2) is 29.2 Å². The number of aliphatic carboxylic acids is 1. The van der Waals surface area contributed by atoms with Gasteiger partial charge in [-0.05, 0) is 12.1 Å². The van der Waals surface area contributed by atoms with Crippen LogP contribution in [-0.2, 0) is 19.6 Å². The normalized spacial score (nSPS) is 12.7. The molecule has 1 aromatic rings. The SMILES string of the molecule is COC(=O)c1ccccc1S(=O)(=O)NCC(O)C(=O)O. The summed E-state index contributed by atoms with van der Waals surface area (Å²) < 4.78 is 30.3. The van der Waals surface area contributed by atoms with Gasteiger partial charge in [-0.1, -0.05) is 12.1 Å². The molecule has 0 fully saturated rings. The number of carboxylic acid groups (broad SMARTS) is 1. The van der Waals surface area contributed by atoms with Gasteiger partial charge < -0.3 is 14.9 Å². The average Bonchev–Trinajstić information content (AvgIpc) is 2.43. The lowest BCUT2D eigenvalue weighted by Gasteiger charge is -2.11. The standard InChI is InChI=1S/C11H13NO7S/c1-19-11(16)7-4-2-3-5-9(7)20(17,18)12-6-8(13)10(14)15/h2-5,8,12-13H,6H2,1H3,(H,14,15). The first-order valence-corrected chi connectivity index (χ1v) is 6.85. The van der Waals surface area contributed by atoms with Gasteiger partial charge >= 0.3 is 11.9 Å². The van der Waals surface area contributed by atoms with Crippen molar-refractivity contribution in [1.82, 2.24) is 4.72 Å². The van der Waals surface area contributed by atoms with E-state index in [2.05, 4.69) is 4.74 Å². The third-order valence-electron chi connectivity index (χ3n) is 2.33. The molecule has 0 aliphatic carbocycles. The molecule has 9 heteroatoms. The molecule has 20 heavy (non-hydrogen) atoms. The zero-order valence-electron chi connectivity index (χ0n) is 10.4. The number of benzene rings is 1. The first-order valence-electron chi connectivity index (χ1n) is 5.37. The van der Waals surface area contributed by atoms with Crippen molar-refractivity contribution in [3.63, 3.8) is 0 Å². The lowest BCUT2D eigenvalue weighted by atomic mass is 10.2. The van der Waals surface area contributed by atoms with Gasteiger partial charge in [0.25, 0.3) is 0 Å². The number of carbonyl (C=O) groups is 2. The second-order valence-corrected chi connectivity index (χ2v) is 5.43. The molecule has 1 aromatic carbocycles. The molecular weight excluding hydrogens is 290 g/mol. The van der Waals surface area contributed by atoms with Crippen molar-refractivity contribution in [3.8, 4) is 0 Å². The number of aliphatic hydroxyl groups is 1. The van der Waals surface area contributed by atoms with E-state index in [-0.39, 0.29) is 10.5 Å². The zero-order chi connectivity index (χ0) is 15.3. The van der Waals surface area contributed by atoms with Crippen LogP contribution in [-0.4, -0.2) is 50.3 Å². The Hall–Kier alpha value is -1.97. The molecular formula is C11H13NO7S. The zero-order valence-corrected chi connectivity index (χ0v) is 11.3. The van der Waals surface area contributed by atoms with E-state index in [0.29, 0.717) is 0 Å². The topological polar surface area (TPSA) is 130 Å². The highest BCUT2D eigenvalue weighted by Gasteiger charge is 2.24. The van der Waals surface area contributed by atoms with E-state index < -0.39 is 34.6 Å². The largest absolute Gasteiger partial charge is 0.479 e. The van der Waals surface area contributed by atoms with E-state index in [1.807, 2.05) is 4.72 Å². The molecule has 0 radical (unpaired) electrons. The van der Waals surface area contributed by atoms with E-state index in [1.165, 1.54) is 24.3 Å². The number of methoxy groups -OCH3 is 1. The second-order valence-electron chi connectivity index (χ2n) is 3.69. The first kappa shape index (κ1) is 16.1. The Labute approximate surface area is 115 Å². The average molecular weight is 303 g/mol. The van der Waals surface area contributed by atoms with Crippen LogP contribution >= 0.6 is 0 Å². The Balaban J connectivity index is 3.04. The Morgan fingerprint density at radius 3 is 2.50 bits per heavy atom. The van der Waals surface area contributed by atoms with Gasteiger partial charge in [0.05, 0.1) is 17.6 Å². The quantitative estimate of drug-likeness (QED) is 0.586. The van der Waals surface area contributed by atoms with Crippen molar-refractivity contribution < 1.29 is 33.0 Å². The van der Waals surface area contributed by atoms with E-state index in [1.54, 1.807) is 0 Å². The molecule has 3 N–H and O–H groups in total. The molecule has 0 aliphatic rings. The fourth-order valence-corrected chi connectivity index (χ4v) is 2.56. The van der Waals surface area contributed by atoms with Crippen molar-refractivity contribution in [2.75, 3.05) is 13.7 Å². The lowest BCUT2D eigenvalue weighted by Crippen LogP contribution is -2.37. The summed E-state index contributed by atoms with van der Waals surface area (Å²) in [4.78, 5) is 21.5. The summed E-state index contributed by atoms with van der Waals surface area (Å²) in [6.45, 7) is -0.715. The first-order chi connectivity index (χ1) is 9.29. The molecule has 0 amide bonds. The maximum atomic E-state index is 12.0. The monoisotopic (exact) mass is 303 g/mol. The number of rotatable bonds is 6. The number of sulfonamides is 1. The van der Waals surface area contributed by atoms with Crippen LogP contribution in [0.3, 0.4) is 0 Å². The Morgan fingerprint density at radius 1 is 1.35 bits per heavy atom. The molecule has 0 saturated carbocycles. The summed E-state index contributed by atoms with van der Waals surface area (Å²) >= 11 is 0. The van der Waals surface area contributed by atoms with Gasteiger partial charge in [-0.2, -0.15) is 0 Å². The molecule has 0 aliphatic heterocycles. The van der Waals surface area contributed by atoms with Crippen molar-refractivity contribution in [2.24, 2.45) is 0 Å². The molecule has 1 unspecified atom stereocenters. The van der Waals surface area contributed by atoms with Crippen molar-refractivity contribution in [2.45, 2.75) is 11.0 Å². The Kier molecular flexibility index (Phi) is 5.19. The number of aliphatic hydroxyl groups excluding tert-OH is 1. The third-order valence-corrected chi connectivity index (χ3v) is 3.82. The van der Waals surface area contributed by atoms with Crippen LogP contribution in [0.25, 0.3) is 0 Å². The van der Waals surface area contributed by atoms with Gasteiger partial charge in [0.2, 0.25) is 10.0 Å². The smallest absolute Gasteiger partial charge is 0.339 e. The highest BCUT2D eigenvalue weighted by atomic mass is 32.2. The molecule has 1 rings (SSSR count). The fraction of sp³-hybridized carbons (Fsp3) is 0.273. The maximum absolute atomic E-state index is 12.0. The van der Waals surface area contributed by atoms with Crippen LogP contribution in [0, 0.1) is 0 Å². The van der Waals surface area contributed by atoms with E-state index in [4.69, 9.17) is 10.2 Å². The third kappa shape index (κ3) is 3.76. The molecule has 8 nitrogen and oxygen atoms in total. The number of hydrogen-bond acceptors (Lipinski definition) is 6. The van der Waals surface area contributed by atoms with Crippen molar-refractivity contribution >= 4 is 22.0 Å². The minimum absolute atomic E-state index is 0.188. The summed E-state index contributed by atoms with van der Waals surface area (Å²) in [5.74, 6) is -2.40. The maximum Gasteiger partial charge on any atom is 0.339 e. The molecule has 0 spiro atoms. The second kappa shape index (κ2) is 6.46. The summed E-state index contributed by atoms with van der Waals surface area (Å²) in [5, 5.41) is 17.5. The lowest BCUT2D eigenvalue weighted by molar-refractivity contribution is -0.146. The number of ether oxygens (including phenoxy) is 1. The molecule has 0 bridgehead atoms. The van der Waals surface area contributed by atoms with Crippen molar-refractivity contribution in [1.29, 1.82) is 0 Å². The molecule has 110 valence electrons. The predicted molar refractivity (Wildman–Crippen MR) is 66.6 cm³/mol. The molecule has 0 saturated heterocycles. The van der Waals surface area contributed by atoms with Crippen LogP contribution in [0.4, 0.5) is 0 Å². The highest BCUT2D eigenvalue weighted by Crippen LogP contribution is 2.16. The molecule has 1 atom stereocenters.